The fourth-order valence-electron chi connectivity index (χ4n) is 4.96. The molecule has 33 heteroatoms. The molecule has 2 fully saturated rings. The summed E-state index contributed by atoms with van der Waals surface area (Å²) >= 11 is 14.2. The third-order valence-electron chi connectivity index (χ3n) is 9.79. The number of halogens is 13. The second-order valence-corrected chi connectivity index (χ2v) is 19.9. The molecule has 0 aromatic heterocycles. The predicted molar refractivity (Wildman–Crippen MR) is 291 cm³/mol. The number of carbonyl (C=O) groups is 8. The number of hydrogen-bond donors (Lipinski definition) is 2. The Hall–Kier alpha value is -6.73. The van der Waals surface area contributed by atoms with E-state index < -0.39 is 183 Å². The van der Waals surface area contributed by atoms with Crippen LogP contribution in [0.15, 0.2) is 30.3 Å². The minimum atomic E-state index is -2.41. The highest BCUT2D eigenvalue weighted by Gasteiger charge is 2.44. The lowest BCUT2D eigenvalue weighted by Gasteiger charge is -2.29. The molecule has 0 radical (unpaired) electrons. The second kappa shape index (κ2) is 43.0. The molecule has 2 N–H and O–H groups in total. The van der Waals surface area contributed by atoms with Gasteiger partial charge in [0.05, 0.1) is 27.8 Å². The minimum absolute atomic E-state index is 0.169. The van der Waals surface area contributed by atoms with E-state index in [-0.39, 0.29) is 13.2 Å². The van der Waals surface area contributed by atoms with Gasteiger partial charge < -0.3 is 57.6 Å². The van der Waals surface area contributed by atoms with Gasteiger partial charge >= 0.3 is 47.9 Å². The molecular formula is C55H69Cl3F10O20. The molecule has 5 rings (SSSR count). The monoisotopic (exact) mass is 1350 g/mol. The fraction of sp³-hybridized carbons (Fsp3) is 0.527. The van der Waals surface area contributed by atoms with Crippen LogP contribution in [0.2, 0.25) is 0 Å². The van der Waals surface area contributed by atoms with Crippen molar-refractivity contribution >= 4 is 82.7 Å². The number of cyclic esters (lactones) is 4. The molecule has 0 amide bonds. The second-order valence-electron chi connectivity index (χ2n) is 18.2. The number of hydrogen-bond acceptors (Lipinski definition) is 20. The molecule has 20 nitrogen and oxygen atoms in total. The minimum Gasteiger partial charge on any atom is -0.465 e. The van der Waals surface area contributed by atoms with Crippen LogP contribution < -0.4 is 9.47 Å². The zero-order valence-electron chi connectivity index (χ0n) is 51.5. The van der Waals surface area contributed by atoms with Gasteiger partial charge in [-0.1, -0.05) is 106 Å². The SMILES string of the molecule is CC(=O)OCC(C)(CO)C(=O)Oc1c(F)c(F)c(F)c(F)c1F.CC1(C(=O)Oc2c(F)c(F)c(F)c(F)c2F)COC(=O)OC1.CCC.CCOC(=O)C(C)(CO)COC(C)=O.COCc1ccccc1.C[C@H]1OC(=O)[C@@H](C)OC1=O.[2H]C(Cl)(Cl)Cl.[3H]CCC. The average Bonchev–Trinajstić information content (AvgIpc) is 0.930. The summed E-state index contributed by atoms with van der Waals surface area (Å²) in [7, 11) is 1.70. The summed E-state index contributed by atoms with van der Waals surface area (Å²) in [4.78, 5) is 88.3. The van der Waals surface area contributed by atoms with E-state index in [9.17, 15) is 82.3 Å². The standard InChI is InChI=1S/C13H11F5O5.C12H7F5O5.C9H16O5.C8H10O.C6H8O4.2C3H8.CHCl3/c1-5(20)22-4-13(2,3-19)12(21)23-11-9(17)7(15)6(14)8(16)10(11)18;1-12(2-20-11(19)21-3-12)10(18)22-9-7(16)5(14)4(13)6(15)8(9)17;1-4-13-8(12)9(3,5-10)6-14-7(2)11;1-9-7-8-5-3-2-4-6-8;1-3-5(7)10-4(2)6(8)9-3;2*1-3-2;2-1(3)4/h19H,3-4H2,1-2H3;2-3H2,1H3;10H,4-6H2,1-3H3;2-6H,7H2,1H3;3-4H,1-2H3;2*3H2,1-2H3;1H/t;;;;3-,4-;;;/m....1.../s1/i;;;;;1T;;1D. The highest BCUT2D eigenvalue weighted by molar-refractivity contribution is 6.63. The van der Waals surface area contributed by atoms with Crippen molar-refractivity contribution in [3.63, 3.8) is 0 Å². The van der Waals surface area contributed by atoms with Gasteiger partial charge in [0.1, 0.15) is 42.7 Å². The Kier molecular flexibility index (Phi) is 39.7. The van der Waals surface area contributed by atoms with Crippen LogP contribution in [0.3, 0.4) is 0 Å². The lowest BCUT2D eigenvalue weighted by Crippen LogP contribution is -2.45. The first kappa shape index (κ1) is 81.3. The van der Waals surface area contributed by atoms with Crippen LogP contribution in [0.25, 0.3) is 0 Å². The van der Waals surface area contributed by atoms with E-state index in [1.165, 1.54) is 39.7 Å². The van der Waals surface area contributed by atoms with Crippen molar-refractivity contribution in [3.05, 3.63) is 94.1 Å². The summed E-state index contributed by atoms with van der Waals surface area (Å²) in [5, 5.41) is 18.2. The van der Waals surface area contributed by atoms with Crippen LogP contribution in [-0.2, 0) is 78.1 Å². The van der Waals surface area contributed by atoms with Crippen molar-refractivity contribution in [1.29, 1.82) is 0 Å². The summed E-state index contributed by atoms with van der Waals surface area (Å²) in [6.07, 6.45) is -0.325. The molecule has 3 aromatic carbocycles. The first-order valence-electron chi connectivity index (χ1n) is 26.5. The summed E-state index contributed by atoms with van der Waals surface area (Å²) in [5.41, 5.74) is -3.57. The molecule has 0 bridgehead atoms. The molecular weight excluding hydrogens is 1280 g/mol. The summed E-state index contributed by atoms with van der Waals surface area (Å²) in [5.74, 6) is -32.5. The molecule has 0 saturated carbocycles. The van der Waals surface area contributed by atoms with Crippen molar-refractivity contribution in [2.75, 3.05) is 53.4 Å². The zero-order valence-corrected chi connectivity index (χ0v) is 51.7. The van der Waals surface area contributed by atoms with E-state index in [0.717, 1.165) is 27.2 Å². The normalized spacial score (nSPS) is 15.9. The first-order chi connectivity index (χ1) is 41.5. The molecule has 2 heterocycles. The zero-order chi connectivity index (χ0) is 70.7. The topological polar surface area (TPSA) is 269 Å². The summed E-state index contributed by atoms with van der Waals surface area (Å²) in [6, 6.07) is 10.1. The van der Waals surface area contributed by atoms with E-state index in [1.54, 1.807) is 14.0 Å². The lowest BCUT2D eigenvalue weighted by molar-refractivity contribution is -0.191. The molecule has 2 unspecified atom stereocenters. The van der Waals surface area contributed by atoms with Gasteiger partial charge in [0.2, 0.25) is 69.7 Å². The van der Waals surface area contributed by atoms with Crippen LogP contribution in [0.1, 0.15) is 104 Å². The first-order valence-corrected chi connectivity index (χ1v) is 26.4. The Balaban J connectivity index is -0.00000104. The van der Waals surface area contributed by atoms with Gasteiger partial charge in [-0.2, -0.15) is 17.6 Å². The van der Waals surface area contributed by atoms with Gasteiger partial charge in [-0.15, -0.1) is 0 Å². The van der Waals surface area contributed by atoms with E-state index in [1.807, 2.05) is 37.3 Å². The molecule has 3 aromatic rings. The number of aliphatic hydroxyl groups is 2. The number of ether oxygens (including phenoxy) is 10. The Morgan fingerprint density at radius 1 is 0.648 bits per heavy atom. The number of aliphatic hydroxyl groups excluding tert-OH is 2. The van der Waals surface area contributed by atoms with Crippen LogP contribution in [-0.4, -0.2) is 128 Å². The fourth-order valence-corrected chi connectivity index (χ4v) is 4.96. The van der Waals surface area contributed by atoms with E-state index in [2.05, 4.69) is 51.7 Å². The van der Waals surface area contributed by atoms with Crippen LogP contribution in [0.5, 0.6) is 11.5 Å². The van der Waals surface area contributed by atoms with Crippen molar-refractivity contribution < 1.29 is 143 Å². The average molecular weight is 1350 g/mol. The summed E-state index contributed by atoms with van der Waals surface area (Å²) in [6.45, 7) is 14.9. The molecule has 2 saturated heterocycles. The Bertz CT molecular complexity index is 2720. The van der Waals surface area contributed by atoms with Crippen LogP contribution in [0.4, 0.5) is 48.7 Å². The van der Waals surface area contributed by atoms with Gasteiger partial charge in [-0.3, -0.25) is 24.0 Å². The maximum absolute atomic E-state index is 13.4. The van der Waals surface area contributed by atoms with Crippen molar-refractivity contribution in [3.8, 4) is 11.5 Å². The van der Waals surface area contributed by atoms with Crippen molar-refractivity contribution in [1.82, 2.24) is 0 Å². The van der Waals surface area contributed by atoms with Crippen molar-refractivity contribution in [2.45, 2.75) is 119 Å². The van der Waals surface area contributed by atoms with Gasteiger partial charge in [0, 0.05) is 22.3 Å². The van der Waals surface area contributed by atoms with Gasteiger partial charge in [-0.25, -0.2) is 40.7 Å². The number of esters is 7. The van der Waals surface area contributed by atoms with E-state index in [4.69, 9.17) is 57.2 Å². The lowest BCUT2D eigenvalue weighted by atomic mass is 9.92. The molecule has 2 aliphatic heterocycles. The Morgan fingerprint density at radius 2 is 0.977 bits per heavy atom. The quantitative estimate of drug-likeness (QED) is 0.0289. The molecule has 0 aliphatic carbocycles. The van der Waals surface area contributed by atoms with Gasteiger partial charge in [-0.05, 0) is 47.1 Å². The molecule has 0 spiro atoms. The number of alkyl halides is 3. The molecule has 500 valence electrons. The number of carbonyl (C=O) groups excluding carboxylic acids is 8. The Morgan fingerprint density at radius 3 is 1.28 bits per heavy atom. The number of methoxy groups -OCH3 is 1. The largest absolute Gasteiger partial charge is 0.508 e. The number of benzene rings is 3. The predicted octanol–water partition coefficient (Wildman–Crippen LogP) is 10.9. The highest BCUT2D eigenvalue weighted by Crippen LogP contribution is 2.34. The third-order valence-corrected chi connectivity index (χ3v) is 9.79. The smallest absolute Gasteiger partial charge is 0.465 e. The van der Waals surface area contributed by atoms with Gasteiger partial charge in [0.25, 0.3) is 0 Å². The van der Waals surface area contributed by atoms with E-state index >= 15 is 0 Å². The third kappa shape index (κ3) is 30.0. The highest BCUT2D eigenvalue weighted by atomic mass is 35.6. The maximum Gasteiger partial charge on any atom is 0.508 e. The molecule has 88 heavy (non-hydrogen) atoms. The summed E-state index contributed by atoms with van der Waals surface area (Å²) < 4.78 is 188. The van der Waals surface area contributed by atoms with Crippen LogP contribution >= 0.6 is 34.8 Å². The van der Waals surface area contributed by atoms with Crippen LogP contribution in [0, 0.1) is 74.4 Å². The van der Waals surface area contributed by atoms with Crippen molar-refractivity contribution in [2.24, 2.45) is 16.2 Å². The number of rotatable bonds is 14. The molecule has 4 atom stereocenters. The van der Waals surface area contributed by atoms with Gasteiger partial charge in [0.15, 0.2) is 16.5 Å². The van der Waals surface area contributed by atoms with E-state index in [0.29, 0.717) is 13.5 Å². The molecule has 2 aliphatic rings. The Labute approximate surface area is 517 Å². The maximum atomic E-state index is 13.4.